The van der Waals surface area contributed by atoms with Gasteiger partial charge in [0.25, 0.3) is 0 Å². The Hall–Kier alpha value is -3.34. The number of amides is 2. The number of amidine groups is 1. The van der Waals surface area contributed by atoms with Gasteiger partial charge in [0, 0.05) is 19.2 Å². The fourth-order valence-electron chi connectivity index (χ4n) is 2.67. The molecule has 3 rings (SSSR count). The normalized spacial score (nSPS) is 18.2. The maximum Gasteiger partial charge on any atom is 0.416 e. The van der Waals surface area contributed by atoms with Crippen LogP contribution in [0.2, 0.25) is 0 Å². The summed E-state index contributed by atoms with van der Waals surface area (Å²) in [6.45, 7) is 0. The molecular formula is C20H15F3N3O4S-. The zero-order chi connectivity index (χ0) is 22.8. The van der Waals surface area contributed by atoms with Gasteiger partial charge >= 0.3 is 6.18 Å². The number of hydrogen-bond donors (Lipinski definition) is 1. The topological polar surface area (TPSA) is 102 Å². The highest BCUT2D eigenvalue weighted by Crippen LogP contribution is 2.33. The Labute approximate surface area is 179 Å². The molecule has 11 heteroatoms. The summed E-state index contributed by atoms with van der Waals surface area (Å²) in [5.41, 5.74) is -0.620. The van der Waals surface area contributed by atoms with Gasteiger partial charge in [0.05, 0.1) is 17.2 Å². The number of aliphatic imine (C=N–C) groups is 1. The minimum absolute atomic E-state index is 0.00379. The van der Waals surface area contributed by atoms with Crippen LogP contribution in [0.5, 0.6) is 0 Å². The van der Waals surface area contributed by atoms with Gasteiger partial charge in [-0.25, -0.2) is 4.99 Å². The third kappa shape index (κ3) is 5.43. The summed E-state index contributed by atoms with van der Waals surface area (Å²) in [7, 11) is 1.43. The average molecular weight is 450 g/mol. The van der Waals surface area contributed by atoms with Crippen LogP contribution in [0.15, 0.2) is 53.5 Å². The molecule has 0 aliphatic carbocycles. The van der Waals surface area contributed by atoms with Crippen molar-refractivity contribution in [2.24, 2.45) is 4.99 Å². The molecule has 0 saturated carbocycles. The summed E-state index contributed by atoms with van der Waals surface area (Å²) in [5, 5.41) is 12.6. The summed E-state index contributed by atoms with van der Waals surface area (Å²) < 4.78 is 38.8. The maximum atomic E-state index is 12.9. The summed E-state index contributed by atoms with van der Waals surface area (Å²) in [6.07, 6.45) is -4.67. The first kappa shape index (κ1) is 22.3. The number of rotatable bonds is 4. The minimum atomic E-state index is -4.54. The van der Waals surface area contributed by atoms with E-state index < -0.39 is 34.8 Å². The molecule has 1 N–H and O–H groups in total. The first-order valence-corrected chi connectivity index (χ1v) is 9.74. The average Bonchev–Trinajstić information content (AvgIpc) is 2.71. The Morgan fingerprint density at radius 1 is 1.19 bits per heavy atom. The summed E-state index contributed by atoms with van der Waals surface area (Å²) in [4.78, 5) is 41.0. The number of thioether (sulfide) groups is 1. The van der Waals surface area contributed by atoms with Gasteiger partial charge in [-0.2, -0.15) is 13.2 Å². The molecule has 7 nitrogen and oxygen atoms in total. The molecular weight excluding hydrogens is 435 g/mol. The highest BCUT2D eigenvalue weighted by Gasteiger charge is 2.34. The van der Waals surface area contributed by atoms with E-state index >= 15 is 0 Å². The van der Waals surface area contributed by atoms with Crippen LogP contribution in [0.25, 0.3) is 0 Å². The Morgan fingerprint density at radius 2 is 1.87 bits per heavy atom. The number of carbonyl (C=O) groups is 3. The number of carboxylic acids is 1. The standard InChI is InChI=1S/C20H16F3N3O4S/c1-26-16(27)10-15(17(28)24-13-7-5-11(6-8-13)18(29)30)31-19(26)25-14-4-2-3-12(9-14)20(21,22)23/h2-9,15H,10H2,1H3,(H,24,28)(H,29,30)/p-1/t15-/m0/s1. The van der Waals surface area contributed by atoms with Gasteiger partial charge < -0.3 is 15.2 Å². The van der Waals surface area contributed by atoms with Crippen molar-refractivity contribution in [3.63, 3.8) is 0 Å². The van der Waals surface area contributed by atoms with Gasteiger partial charge in [0.2, 0.25) is 11.8 Å². The quantitative estimate of drug-likeness (QED) is 0.772. The molecule has 1 aliphatic heterocycles. The Bertz CT molecular complexity index is 1050. The van der Waals surface area contributed by atoms with E-state index in [4.69, 9.17) is 0 Å². The number of nitrogens with zero attached hydrogens (tertiary/aromatic N) is 2. The largest absolute Gasteiger partial charge is 0.545 e. The van der Waals surface area contributed by atoms with Crippen LogP contribution in [-0.4, -0.2) is 40.1 Å². The molecule has 2 amide bonds. The molecule has 0 spiro atoms. The van der Waals surface area contributed by atoms with Crippen LogP contribution in [0.4, 0.5) is 24.5 Å². The number of alkyl halides is 3. The number of nitrogens with one attached hydrogen (secondary N) is 1. The van der Waals surface area contributed by atoms with Crippen molar-refractivity contribution in [1.29, 1.82) is 0 Å². The number of hydrogen-bond acceptors (Lipinski definition) is 6. The van der Waals surface area contributed by atoms with E-state index in [-0.39, 0.29) is 22.8 Å². The molecule has 2 aromatic carbocycles. The summed E-state index contributed by atoms with van der Waals surface area (Å²) in [5.74, 6) is -2.30. The van der Waals surface area contributed by atoms with Gasteiger partial charge in [-0.3, -0.25) is 14.5 Å². The lowest BCUT2D eigenvalue weighted by Gasteiger charge is -2.28. The lowest BCUT2D eigenvalue weighted by atomic mass is 10.2. The van der Waals surface area contributed by atoms with E-state index in [0.717, 1.165) is 23.9 Å². The maximum absolute atomic E-state index is 12.9. The predicted molar refractivity (Wildman–Crippen MR) is 107 cm³/mol. The molecule has 0 radical (unpaired) electrons. The van der Waals surface area contributed by atoms with Crippen LogP contribution in [0.1, 0.15) is 22.3 Å². The van der Waals surface area contributed by atoms with E-state index in [2.05, 4.69) is 10.3 Å². The molecule has 162 valence electrons. The fraction of sp³-hybridized carbons (Fsp3) is 0.200. The highest BCUT2D eigenvalue weighted by molar-refractivity contribution is 8.15. The minimum Gasteiger partial charge on any atom is -0.545 e. The second-order valence-electron chi connectivity index (χ2n) is 6.56. The van der Waals surface area contributed by atoms with E-state index in [0.29, 0.717) is 5.69 Å². The molecule has 0 unspecified atom stereocenters. The summed E-state index contributed by atoms with van der Waals surface area (Å²) in [6, 6.07) is 9.62. The first-order chi connectivity index (χ1) is 14.5. The van der Waals surface area contributed by atoms with Crippen LogP contribution >= 0.6 is 11.8 Å². The smallest absolute Gasteiger partial charge is 0.416 e. The van der Waals surface area contributed by atoms with Crippen molar-refractivity contribution >= 4 is 46.1 Å². The van der Waals surface area contributed by atoms with Crippen molar-refractivity contribution < 1.29 is 32.7 Å². The molecule has 1 aliphatic rings. The second kappa shape index (κ2) is 8.80. The summed E-state index contributed by atoms with van der Waals surface area (Å²) >= 11 is 0.945. The van der Waals surface area contributed by atoms with Gasteiger partial charge in [0.15, 0.2) is 5.17 Å². The monoisotopic (exact) mass is 450 g/mol. The van der Waals surface area contributed by atoms with Crippen molar-refractivity contribution in [2.45, 2.75) is 17.8 Å². The van der Waals surface area contributed by atoms with Crippen LogP contribution < -0.4 is 10.4 Å². The highest BCUT2D eigenvalue weighted by atomic mass is 32.2. The Morgan fingerprint density at radius 3 is 2.48 bits per heavy atom. The molecule has 31 heavy (non-hydrogen) atoms. The van der Waals surface area contributed by atoms with Gasteiger partial charge in [-0.1, -0.05) is 30.0 Å². The Balaban J connectivity index is 1.78. The van der Waals surface area contributed by atoms with E-state index in [9.17, 15) is 32.7 Å². The number of benzene rings is 2. The first-order valence-electron chi connectivity index (χ1n) is 8.86. The number of carboxylic acid groups (broad SMARTS) is 1. The number of aromatic carboxylic acids is 1. The third-order valence-corrected chi connectivity index (χ3v) is 5.59. The van der Waals surface area contributed by atoms with Crippen LogP contribution in [-0.2, 0) is 15.8 Å². The van der Waals surface area contributed by atoms with Crippen LogP contribution in [0.3, 0.4) is 0 Å². The van der Waals surface area contributed by atoms with Gasteiger partial charge in [-0.05, 0) is 35.9 Å². The molecule has 1 atom stereocenters. The van der Waals surface area contributed by atoms with Gasteiger partial charge in [-0.15, -0.1) is 0 Å². The Kier molecular flexibility index (Phi) is 6.34. The van der Waals surface area contributed by atoms with Gasteiger partial charge in [0.1, 0.15) is 5.25 Å². The number of anilines is 1. The molecule has 1 fully saturated rings. The van der Waals surface area contributed by atoms with Crippen molar-refractivity contribution in [1.82, 2.24) is 4.90 Å². The number of halogens is 3. The fourth-order valence-corrected chi connectivity index (χ4v) is 3.74. The van der Waals surface area contributed by atoms with E-state index in [1.54, 1.807) is 0 Å². The van der Waals surface area contributed by atoms with Crippen molar-refractivity contribution in [3.8, 4) is 0 Å². The van der Waals surface area contributed by atoms with Crippen molar-refractivity contribution in [2.75, 3.05) is 12.4 Å². The second-order valence-corrected chi connectivity index (χ2v) is 7.73. The third-order valence-electron chi connectivity index (χ3n) is 4.35. The molecule has 1 heterocycles. The molecule has 0 aromatic heterocycles. The van der Waals surface area contributed by atoms with E-state index in [1.807, 2.05) is 0 Å². The zero-order valence-electron chi connectivity index (χ0n) is 16.0. The molecule has 1 saturated heterocycles. The predicted octanol–water partition coefficient (Wildman–Crippen LogP) is 2.66. The molecule has 0 bridgehead atoms. The van der Waals surface area contributed by atoms with Crippen molar-refractivity contribution in [3.05, 3.63) is 59.7 Å². The number of carbonyl (C=O) groups excluding carboxylic acids is 3. The zero-order valence-corrected chi connectivity index (χ0v) is 16.8. The van der Waals surface area contributed by atoms with E-state index in [1.165, 1.54) is 48.3 Å². The SMILES string of the molecule is CN1C(=O)C[C@@H](C(=O)Nc2ccc(C(=O)[O-])cc2)SC1=Nc1cccc(C(F)(F)F)c1. The lowest BCUT2D eigenvalue weighted by Crippen LogP contribution is -2.43. The lowest BCUT2D eigenvalue weighted by molar-refractivity contribution is -0.255. The molecule has 2 aromatic rings. The van der Waals surface area contributed by atoms with Crippen LogP contribution in [0, 0.1) is 0 Å².